The lowest BCUT2D eigenvalue weighted by Crippen LogP contribution is -2.46. The van der Waals surface area contributed by atoms with E-state index in [1.807, 2.05) is 24.3 Å². The Morgan fingerprint density at radius 1 is 1.38 bits per heavy atom. The summed E-state index contributed by atoms with van der Waals surface area (Å²) in [4.78, 5) is 15.5. The van der Waals surface area contributed by atoms with E-state index in [0.717, 1.165) is 32.5 Å². The number of hydrogen-bond donors (Lipinski definition) is 1. The van der Waals surface area contributed by atoms with Crippen molar-refractivity contribution in [2.75, 3.05) is 26.7 Å². The monoisotopic (exact) mass is 287 g/mol. The van der Waals surface area contributed by atoms with Crippen LogP contribution in [0.1, 0.15) is 24.0 Å². The number of likely N-dealkylation sites (tertiary alicyclic amines) is 1. The van der Waals surface area contributed by atoms with E-state index in [-0.39, 0.29) is 11.9 Å². The summed E-state index contributed by atoms with van der Waals surface area (Å²) in [6, 6.07) is 10.0. The number of aliphatic hydroxyl groups excluding tert-OH is 1. The van der Waals surface area contributed by atoms with Gasteiger partial charge in [0.1, 0.15) is 6.61 Å². The second-order valence-electron chi connectivity index (χ2n) is 5.48. The third-order valence-corrected chi connectivity index (χ3v) is 4.12. The molecule has 0 bridgehead atoms. The molecule has 1 N–H and O–H groups in total. The maximum Gasteiger partial charge on any atom is 0.248 e. The molecule has 5 nitrogen and oxygen atoms in total. The minimum atomic E-state index is -0.415. The van der Waals surface area contributed by atoms with E-state index < -0.39 is 6.61 Å². The van der Waals surface area contributed by atoms with Crippen LogP contribution in [0.2, 0.25) is 0 Å². The second kappa shape index (κ2) is 7.21. The first kappa shape index (κ1) is 15.5. The van der Waals surface area contributed by atoms with E-state index in [2.05, 4.69) is 11.0 Å². The molecule has 1 aliphatic heterocycles. The molecule has 0 saturated carbocycles. The molecule has 112 valence electrons. The van der Waals surface area contributed by atoms with Gasteiger partial charge in [-0.3, -0.25) is 9.69 Å². The van der Waals surface area contributed by atoms with Gasteiger partial charge in [-0.15, -0.1) is 0 Å². The Bertz CT molecular complexity index is 513. The molecule has 0 atom stereocenters. The average Bonchev–Trinajstić information content (AvgIpc) is 2.55. The van der Waals surface area contributed by atoms with Crippen molar-refractivity contribution in [1.29, 1.82) is 5.26 Å². The molecule has 0 aliphatic carbocycles. The minimum absolute atomic E-state index is 0.208. The summed E-state index contributed by atoms with van der Waals surface area (Å²) in [5, 5.41) is 17.7. The van der Waals surface area contributed by atoms with E-state index in [4.69, 9.17) is 10.4 Å². The zero-order valence-corrected chi connectivity index (χ0v) is 12.3. The van der Waals surface area contributed by atoms with Crippen molar-refractivity contribution >= 4 is 5.91 Å². The molecule has 1 aromatic carbocycles. The topological polar surface area (TPSA) is 67.6 Å². The van der Waals surface area contributed by atoms with Crippen molar-refractivity contribution in [2.24, 2.45) is 0 Å². The van der Waals surface area contributed by atoms with Crippen LogP contribution < -0.4 is 0 Å². The van der Waals surface area contributed by atoms with Gasteiger partial charge < -0.3 is 10.0 Å². The molecule has 1 aromatic rings. The van der Waals surface area contributed by atoms with Crippen LogP contribution in [0.3, 0.4) is 0 Å². The van der Waals surface area contributed by atoms with Gasteiger partial charge in [-0.05, 0) is 30.5 Å². The Morgan fingerprint density at radius 2 is 2.00 bits per heavy atom. The number of aliphatic hydroxyl groups is 1. The molecule has 1 heterocycles. The maximum absolute atomic E-state index is 11.5. The predicted molar refractivity (Wildman–Crippen MR) is 79.3 cm³/mol. The van der Waals surface area contributed by atoms with Gasteiger partial charge in [-0.1, -0.05) is 12.1 Å². The molecule has 5 heteroatoms. The Balaban J connectivity index is 1.83. The van der Waals surface area contributed by atoms with E-state index in [1.165, 1.54) is 5.56 Å². The summed E-state index contributed by atoms with van der Waals surface area (Å²) in [6.07, 6.45) is 1.86. The van der Waals surface area contributed by atoms with E-state index in [0.29, 0.717) is 5.56 Å². The van der Waals surface area contributed by atoms with Gasteiger partial charge in [0.15, 0.2) is 0 Å². The number of piperidine rings is 1. The summed E-state index contributed by atoms with van der Waals surface area (Å²) in [5.74, 6) is -0.208. The number of benzene rings is 1. The summed E-state index contributed by atoms with van der Waals surface area (Å²) < 4.78 is 0. The highest BCUT2D eigenvalue weighted by molar-refractivity contribution is 5.77. The van der Waals surface area contributed by atoms with Crippen molar-refractivity contribution < 1.29 is 9.90 Å². The van der Waals surface area contributed by atoms with Crippen molar-refractivity contribution in [3.05, 3.63) is 35.4 Å². The van der Waals surface area contributed by atoms with Gasteiger partial charge in [-0.2, -0.15) is 5.26 Å². The first-order chi connectivity index (χ1) is 10.1. The number of rotatable bonds is 4. The van der Waals surface area contributed by atoms with Crippen LogP contribution in [0.4, 0.5) is 0 Å². The fourth-order valence-electron chi connectivity index (χ4n) is 2.72. The van der Waals surface area contributed by atoms with Crippen LogP contribution in [0, 0.1) is 11.3 Å². The molecule has 1 aliphatic rings. The molecule has 21 heavy (non-hydrogen) atoms. The number of nitrogens with zero attached hydrogens (tertiary/aromatic N) is 3. The standard InChI is InChI=1S/C16H21N3O2/c1-18(16(21)12-20)15-6-8-19(9-7-15)11-14-4-2-13(10-17)3-5-14/h2-5,15,20H,6-9,11-12H2,1H3. The van der Waals surface area contributed by atoms with Gasteiger partial charge in [0.25, 0.3) is 0 Å². The normalized spacial score (nSPS) is 16.4. The number of hydrogen-bond acceptors (Lipinski definition) is 4. The highest BCUT2D eigenvalue weighted by Gasteiger charge is 2.24. The number of carbonyl (C=O) groups is 1. The highest BCUT2D eigenvalue weighted by Crippen LogP contribution is 2.17. The van der Waals surface area contributed by atoms with E-state index >= 15 is 0 Å². The minimum Gasteiger partial charge on any atom is -0.387 e. The number of amides is 1. The molecule has 0 aromatic heterocycles. The summed E-state index contributed by atoms with van der Waals surface area (Å²) in [6.45, 7) is 2.33. The summed E-state index contributed by atoms with van der Waals surface area (Å²) in [7, 11) is 1.76. The number of carbonyl (C=O) groups excluding carboxylic acids is 1. The lowest BCUT2D eigenvalue weighted by atomic mass is 10.0. The van der Waals surface area contributed by atoms with Gasteiger partial charge >= 0.3 is 0 Å². The van der Waals surface area contributed by atoms with Crippen molar-refractivity contribution in [3.63, 3.8) is 0 Å². The Kier molecular flexibility index (Phi) is 5.32. The lowest BCUT2D eigenvalue weighted by Gasteiger charge is -2.36. The first-order valence-corrected chi connectivity index (χ1v) is 7.22. The zero-order chi connectivity index (χ0) is 15.2. The van der Waals surface area contributed by atoms with Gasteiger partial charge in [0.2, 0.25) is 5.91 Å². The van der Waals surface area contributed by atoms with E-state index in [9.17, 15) is 4.79 Å². The zero-order valence-electron chi connectivity index (χ0n) is 12.3. The van der Waals surface area contributed by atoms with Crippen molar-refractivity contribution in [3.8, 4) is 6.07 Å². The van der Waals surface area contributed by atoms with Crippen molar-refractivity contribution in [1.82, 2.24) is 9.80 Å². The maximum atomic E-state index is 11.5. The molecular formula is C16H21N3O2. The fourth-order valence-corrected chi connectivity index (χ4v) is 2.72. The molecule has 1 fully saturated rings. The molecule has 0 radical (unpaired) electrons. The van der Waals surface area contributed by atoms with Gasteiger partial charge in [0.05, 0.1) is 11.6 Å². The average molecular weight is 287 g/mol. The Morgan fingerprint density at radius 3 is 2.52 bits per heavy atom. The molecular weight excluding hydrogens is 266 g/mol. The largest absolute Gasteiger partial charge is 0.387 e. The smallest absolute Gasteiger partial charge is 0.248 e. The molecule has 1 saturated heterocycles. The van der Waals surface area contributed by atoms with Gasteiger partial charge in [-0.25, -0.2) is 0 Å². The quantitative estimate of drug-likeness (QED) is 0.896. The first-order valence-electron chi connectivity index (χ1n) is 7.22. The predicted octanol–water partition coefficient (Wildman–Crippen LogP) is 0.973. The van der Waals surface area contributed by atoms with Crippen LogP contribution in [0.25, 0.3) is 0 Å². The van der Waals surface area contributed by atoms with Gasteiger partial charge in [0, 0.05) is 32.7 Å². The molecule has 1 amide bonds. The fraction of sp³-hybridized carbons (Fsp3) is 0.500. The van der Waals surface area contributed by atoms with E-state index in [1.54, 1.807) is 11.9 Å². The third kappa shape index (κ3) is 4.03. The third-order valence-electron chi connectivity index (χ3n) is 4.12. The lowest BCUT2D eigenvalue weighted by molar-refractivity contribution is -0.135. The second-order valence-corrected chi connectivity index (χ2v) is 5.48. The molecule has 2 rings (SSSR count). The van der Waals surface area contributed by atoms with Crippen LogP contribution in [0.5, 0.6) is 0 Å². The van der Waals surface area contributed by atoms with Crippen LogP contribution in [-0.2, 0) is 11.3 Å². The van der Waals surface area contributed by atoms with Crippen LogP contribution >= 0.6 is 0 Å². The van der Waals surface area contributed by atoms with Crippen molar-refractivity contribution in [2.45, 2.75) is 25.4 Å². The number of likely N-dealkylation sites (N-methyl/N-ethyl adjacent to an activating group) is 1. The van der Waals surface area contributed by atoms with Crippen LogP contribution in [-0.4, -0.2) is 53.6 Å². The number of nitriles is 1. The highest BCUT2D eigenvalue weighted by atomic mass is 16.3. The SMILES string of the molecule is CN(C(=O)CO)C1CCN(Cc2ccc(C#N)cc2)CC1. The Labute approximate surface area is 125 Å². The summed E-state index contributed by atoms with van der Waals surface area (Å²) >= 11 is 0. The summed E-state index contributed by atoms with van der Waals surface area (Å²) in [5.41, 5.74) is 1.88. The van der Waals surface area contributed by atoms with Crippen LogP contribution in [0.15, 0.2) is 24.3 Å². The Hall–Kier alpha value is -1.90. The molecule has 0 spiro atoms. The molecule has 0 unspecified atom stereocenters.